The second-order valence-corrected chi connectivity index (χ2v) is 8.76. The number of ether oxygens (including phenoxy) is 1. The average Bonchev–Trinajstić information content (AvgIpc) is 3.15. The van der Waals surface area contributed by atoms with Gasteiger partial charge in [0.2, 0.25) is 11.8 Å². The highest BCUT2D eigenvalue weighted by molar-refractivity contribution is 9.10. The van der Waals surface area contributed by atoms with Crippen LogP contribution in [0.1, 0.15) is 12.0 Å². The fourth-order valence-electron chi connectivity index (χ4n) is 4.00. The van der Waals surface area contributed by atoms with Crippen LogP contribution in [0.5, 0.6) is 0 Å². The van der Waals surface area contributed by atoms with E-state index in [0.29, 0.717) is 19.7 Å². The van der Waals surface area contributed by atoms with Crippen LogP contribution in [0, 0.1) is 5.92 Å². The highest BCUT2D eigenvalue weighted by Gasteiger charge is 2.35. The maximum absolute atomic E-state index is 12.7. The van der Waals surface area contributed by atoms with Crippen LogP contribution in [0.3, 0.4) is 0 Å². The van der Waals surface area contributed by atoms with Gasteiger partial charge in [0.15, 0.2) is 0 Å². The number of hydrogen-bond donors (Lipinski definition) is 1. The summed E-state index contributed by atoms with van der Waals surface area (Å²) in [5.41, 5.74) is 2.10. The number of carbonyl (C=O) groups is 2. The molecule has 2 aliphatic heterocycles. The maximum atomic E-state index is 12.7. The Morgan fingerprint density at radius 2 is 1.87 bits per heavy atom. The van der Waals surface area contributed by atoms with Crippen molar-refractivity contribution in [3.05, 3.63) is 64.6 Å². The van der Waals surface area contributed by atoms with Gasteiger partial charge in [-0.25, -0.2) is 0 Å². The Kier molecular flexibility index (Phi) is 6.82. The monoisotopic (exact) mass is 471 g/mol. The summed E-state index contributed by atoms with van der Waals surface area (Å²) in [5, 5.41) is 3.00. The minimum absolute atomic E-state index is 0.0135. The van der Waals surface area contributed by atoms with Gasteiger partial charge in [-0.15, -0.1) is 0 Å². The van der Waals surface area contributed by atoms with Crippen molar-refractivity contribution in [2.75, 3.05) is 37.7 Å². The Hall–Kier alpha value is -2.22. The Morgan fingerprint density at radius 3 is 2.63 bits per heavy atom. The summed E-state index contributed by atoms with van der Waals surface area (Å²) < 4.78 is 6.80. The van der Waals surface area contributed by atoms with Crippen LogP contribution in [-0.4, -0.2) is 55.6 Å². The predicted octanol–water partition coefficient (Wildman–Crippen LogP) is 2.82. The second-order valence-electron chi connectivity index (χ2n) is 7.84. The van der Waals surface area contributed by atoms with Crippen LogP contribution in [0.2, 0.25) is 0 Å². The van der Waals surface area contributed by atoms with Crippen molar-refractivity contribution in [3.63, 3.8) is 0 Å². The van der Waals surface area contributed by atoms with E-state index in [9.17, 15) is 9.59 Å². The summed E-state index contributed by atoms with van der Waals surface area (Å²) in [6.07, 6.45) is 0.208. The smallest absolute Gasteiger partial charge is 0.227 e. The molecule has 0 radical (unpaired) electrons. The molecule has 2 aliphatic rings. The summed E-state index contributed by atoms with van der Waals surface area (Å²) in [6, 6.07) is 17.9. The van der Waals surface area contributed by atoms with Crippen molar-refractivity contribution in [3.8, 4) is 0 Å². The molecule has 0 spiro atoms. The molecular weight excluding hydrogens is 446 g/mol. The Bertz CT molecular complexity index is 875. The van der Waals surface area contributed by atoms with E-state index in [4.69, 9.17) is 4.74 Å². The topological polar surface area (TPSA) is 61.9 Å². The summed E-state index contributed by atoms with van der Waals surface area (Å²) in [4.78, 5) is 29.1. The molecule has 2 aromatic carbocycles. The van der Waals surface area contributed by atoms with Gasteiger partial charge < -0.3 is 15.0 Å². The third kappa shape index (κ3) is 5.28. The number of benzene rings is 2. The van der Waals surface area contributed by atoms with Crippen LogP contribution in [0.4, 0.5) is 5.69 Å². The first-order valence-electron chi connectivity index (χ1n) is 10.3. The third-order valence-corrected chi connectivity index (χ3v) is 6.14. The first kappa shape index (κ1) is 21.0. The molecule has 7 heteroatoms. The van der Waals surface area contributed by atoms with E-state index in [1.165, 1.54) is 5.56 Å². The molecule has 0 saturated carbocycles. The number of halogens is 1. The number of anilines is 1. The molecule has 1 N–H and O–H groups in total. The molecule has 0 aliphatic carbocycles. The zero-order valence-corrected chi connectivity index (χ0v) is 18.4. The Morgan fingerprint density at radius 1 is 1.10 bits per heavy atom. The lowest BCUT2D eigenvalue weighted by molar-refractivity contribution is -0.127. The van der Waals surface area contributed by atoms with Gasteiger partial charge in [-0.05, 0) is 29.8 Å². The van der Waals surface area contributed by atoms with Crippen LogP contribution in [0.15, 0.2) is 59.1 Å². The standard InChI is InChI=1S/C23H26BrN3O3/c24-19-6-8-20(9-7-19)27-15-18(12-22(27)28)23(29)25-13-21-16-26(10-11-30-21)14-17-4-2-1-3-5-17/h1-9,18,21H,10-16H2,(H,25,29). The molecule has 0 aromatic heterocycles. The Labute approximate surface area is 185 Å². The molecule has 158 valence electrons. The van der Waals surface area contributed by atoms with Gasteiger partial charge in [0.25, 0.3) is 0 Å². The van der Waals surface area contributed by atoms with E-state index < -0.39 is 0 Å². The SMILES string of the molecule is O=C(NCC1CN(Cc2ccccc2)CCO1)C1CC(=O)N(c2ccc(Br)cc2)C1. The first-order chi connectivity index (χ1) is 14.6. The molecule has 2 saturated heterocycles. The predicted molar refractivity (Wildman–Crippen MR) is 119 cm³/mol. The van der Waals surface area contributed by atoms with Crippen molar-refractivity contribution in [1.82, 2.24) is 10.2 Å². The third-order valence-electron chi connectivity index (χ3n) is 5.61. The van der Waals surface area contributed by atoms with Gasteiger partial charge in [-0.2, -0.15) is 0 Å². The molecule has 2 fully saturated rings. The molecule has 2 heterocycles. The quantitative estimate of drug-likeness (QED) is 0.703. The van der Waals surface area contributed by atoms with E-state index in [1.54, 1.807) is 4.90 Å². The number of amides is 2. The summed E-state index contributed by atoms with van der Waals surface area (Å²) in [6.45, 7) is 4.09. The lowest BCUT2D eigenvalue weighted by Gasteiger charge is -2.33. The molecule has 2 unspecified atom stereocenters. The molecular formula is C23H26BrN3O3. The minimum Gasteiger partial charge on any atom is -0.374 e. The van der Waals surface area contributed by atoms with E-state index in [0.717, 1.165) is 29.8 Å². The van der Waals surface area contributed by atoms with Gasteiger partial charge in [0.05, 0.1) is 18.6 Å². The normalized spacial score (nSPS) is 22.3. The van der Waals surface area contributed by atoms with E-state index >= 15 is 0 Å². The number of nitrogens with zero attached hydrogens (tertiary/aromatic N) is 2. The van der Waals surface area contributed by atoms with Gasteiger partial charge in [-0.1, -0.05) is 46.3 Å². The summed E-state index contributed by atoms with van der Waals surface area (Å²) in [7, 11) is 0. The van der Waals surface area contributed by atoms with E-state index in [1.807, 2.05) is 42.5 Å². The largest absolute Gasteiger partial charge is 0.374 e. The summed E-state index contributed by atoms with van der Waals surface area (Å²) in [5.74, 6) is -0.419. The van der Waals surface area contributed by atoms with Crippen molar-refractivity contribution in [2.45, 2.75) is 19.1 Å². The number of hydrogen-bond acceptors (Lipinski definition) is 4. The van der Waals surface area contributed by atoms with E-state index in [-0.39, 0.29) is 30.3 Å². The molecule has 0 bridgehead atoms. The number of nitrogens with one attached hydrogen (secondary N) is 1. The molecule has 4 rings (SSSR count). The fraction of sp³-hybridized carbons (Fsp3) is 0.391. The van der Waals surface area contributed by atoms with Crippen molar-refractivity contribution in [2.24, 2.45) is 5.92 Å². The highest BCUT2D eigenvalue weighted by atomic mass is 79.9. The molecule has 30 heavy (non-hydrogen) atoms. The Balaban J connectivity index is 1.26. The lowest BCUT2D eigenvalue weighted by atomic mass is 10.1. The first-order valence-corrected chi connectivity index (χ1v) is 11.1. The molecule has 2 aromatic rings. The molecule has 2 amide bonds. The zero-order valence-electron chi connectivity index (χ0n) is 16.8. The van der Waals surface area contributed by atoms with Crippen LogP contribution >= 0.6 is 15.9 Å². The van der Waals surface area contributed by atoms with Crippen LogP contribution < -0.4 is 10.2 Å². The molecule has 6 nitrogen and oxygen atoms in total. The van der Waals surface area contributed by atoms with Gasteiger partial charge in [0, 0.05) is 49.3 Å². The van der Waals surface area contributed by atoms with Crippen molar-refractivity contribution >= 4 is 33.4 Å². The van der Waals surface area contributed by atoms with Crippen LogP contribution in [0.25, 0.3) is 0 Å². The fourth-order valence-corrected chi connectivity index (χ4v) is 4.27. The van der Waals surface area contributed by atoms with Gasteiger partial charge in [-0.3, -0.25) is 14.5 Å². The number of rotatable bonds is 6. The van der Waals surface area contributed by atoms with Gasteiger partial charge >= 0.3 is 0 Å². The van der Waals surface area contributed by atoms with Gasteiger partial charge in [0.1, 0.15) is 0 Å². The summed E-state index contributed by atoms with van der Waals surface area (Å²) >= 11 is 3.40. The average molecular weight is 472 g/mol. The number of carbonyl (C=O) groups excluding carboxylic acids is 2. The maximum Gasteiger partial charge on any atom is 0.227 e. The van der Waals surface area contributed by atoms with Crippen LogP contribution in [-0.2, 0) is 20.9 Å². The number of morpholine rings is 1. The minimum atomic E-state index is -0.329. The lowest BCUT2D eigenvalue weighted by Crippen LogP contribution is -2.48. The van der Waals surface area contributed by atoms with Crippen molar-refractivity contribution < 1.29 is 14.3 Å². The second kappa shape index (κ2) is 9.73. The molecule has 2 atom stereocenters. The van der Waals surface area contributed by atoms with E-state index in [2.05, 4.69) is 38.3 Å². The van der Waals surface area contributed by atoms with Crippen molar-refractivity contribution in [1.29, 1.82) is 0 Å². The zero-order chi connectivity index (χ0) is 20.9. The highest BCUT2D eigenvalue weighted by Crippen LogP contribution is 2.26.